The Kier molecular flexibility index (Phi) is 7.03. The van der Waals surface area contributed by atoms with Crippen LogP contribution in [0.2, 0.25) is 0 Å². The summed E-state index contributed by atoms with van der Waals surface area (Å²) in [6.07, 6.45) is 4.56. The number of nitrogens with zero attached hydrogens (tertiary/aromatic N) is 4. The molecule has 0 bridgehead atoms. The van der Waals surface area contributed by atoms with Crippen molar-refractivity contribution in [1.82, 2.24) is 19.7 Å². The van der Waals surface area contributed by atoms with Gasteiger partial charge in [0.25, 0.3) is 5.91 Å². The smallest absolute Gasteiger partial charge is 0.258 e. The van der Waals surface area contributed by atoms with E-state index in [0.717, 1.165) is 10.5 Å². The molecule has 2 N–H and O–H groups in total. The normalized spacial score (nSPS) is 11.6. The van der Waals surface area contributed by atoms with E-state index >= 15 is 0 Å². The summed E-state index contributed by atoms with van der Waals surface area (Å²) in [7, 11) is 0. The molecule has 0 aliphatic carbocycles. The molecule has 0 fully saturated rings. The lowest BCUT2D eigenvalue weighted by molar-refractivity contribution is -0.119. The molecule has 0 aliphatic rings. The summed E-state index contributed by atoms with van der Waals surface area (Å²) < 4.78 is 1.48. The van der Waals surface area contributed by atoms with Crippen LogP contribution in [-0.4, -0.2) is 31.6 Å². The van der Waals surface area contributed by atoms with Crippen LogP contribution in [0.5, 0.6) is 0 Å². The van der Waals surface area contributed by atoms with Crippen LogP contribution in [-0.2, 0) is 4.79 Å². The van der Waals surface area contributed by atoms with Gasteiger partial charge >= 0.3 is 0 Å². The van der Waals surface area contributed by atoms with Crippen LogP contribution < -0.4 is 10.6 Å². The molecule has 0 spiro atoms. The molecule has 2 aromatic heterocycles. The second kappa shape index (κ2) is 10.3. The third kappa shape index (κ3) is 5.49. The number of nitrogens with one attached hydrogen (secondary N) is 2. The number of hydrogen-bond donors (Lipinski definition) is 2. The number of benzene rings is 2. The molecule has 4 aromatic rings. The molecule has 4 rings (SSSR count). The number of aryl methyl sites for hydroxylation is 2. The highest BCUT2D eigenvalue weighted by Gasteiger charge is 2.17. The average molecular weight is 473 g/mol. The maximum absolute atomic E-state index is 13.0. The van der Waals surface area contributed by atoms with E-state index in [4.69, 9.17) is 0 Å². The van der Waals surface area contributed by atoms with E-state index in [1.165, 1.54) is 34.7 Å². The minimum absolute atomic E-state index is 0.217. The third-order valence-corrected chi connectivity index (χ3v) is 6.37. The minimum atomic E-state index is -0.499. The van der Waals surface area contributed by atoms with Crippen LogP contribution in [0, 0.1) is 13.8 Å². The van der Waals surface area contributed by atoms with Crippen molar-refractivity contribution in [3.05, 3.63) is 90.1 Å². The third-order valence-electron chi connectivity index (χ3n) is 5.18. The quantitative estimate of drug-likeness (QED) is 0.397. The SMILES string of the molecule is Cc1ccc(Sc2ncccc2C(=O)Nc2ccc(NC(=O)C(C)n3cncn3)cc2)c(C)c1. The van der Waals surface area contributed by atoms with Gasteiger partial charge in [-0.1, -0.05) is 29.5 Å². The van der Waals surface area contributed by atoms with Crippen molar-refractivity contribution in [2.75, 3.05) is 10.6 Å². The second-order valence-corrected chi connectivity index (χ2v) is 8.83. The number of carbonyl (C=O) groups is 2. The van der Waals surface area contributed by atoms with Gasteiger partial charge in [-0.05, 0) is 68.8 Å². The molecule has 1 unspecified atom stereocenters. The summed E-state index contributed by atoms with van der Waals surface area (Å²) in [5.41, 5.74) is 4.04. The van der Waals surface area contributed by atoms with E-state index < -0.39 is 6.04 Å². The van der Waals surface area contributed by atoms with Crippen molar-refractivity contribution < 1.29 is 9.59 Å². The van der Waals surface area contributed by atoms with Crippen LogP contribution in [0.15, 0.2) is 83.4 Å². The summed E-state index contributed by atoms with van der Waals surface area (Å²) in [4.78, 5) is 34.7. The first-order valence-electron chi connectivity index (χ1n) is 10.7. The molecule has 2 aromatic carbocycles. The van der Waals surface area contributed by atoms with Gasteiger partial charge in [-0.15, -0.1) is 0 Å². The Morgan fingerprint density at radius 2 is 1.74 bits per heavy atom. The zero-order valence-electron chi connectivity index (χ0n) is 19.0. The standard InChI is InChI=1S/C25H24N6O2S/c1-16-6-11-22(17(2)13-16)34-25-21(5-4-12-27-25)24(33)30-20-9-7-19(8-10-20)29-23(32)18(3)31-15-26-14-28-31/h4-15,18H,1-3H3,(H,29,32)(H,30,33). The summed E-state index contributed by atoms with van der Waals surface area (Å²) in [5.74, 6) is -0.470. The molecule has 1 atom stereocenters. The van der Waals surface area contributed by atoms with Crippen molar-refractivity contribution >= 4 is 35.0 Å². The van der Waals surface area contributed by atoms with Gasteiger partial charge in [-0.25, -0.2) is 14.6 Å². The number of anilines is 2. The van der Waals surface area contributed by atoms with Gasteiger partial charge in [0.1, 0.15) is 23.7 Å². The molecular formula is C25H24N6O2S. The fourth-order valence-electron chi connectivity index (χ4n) is 3.28. The van der Waals surface area contributed by atoms with E-state index in [0.29, 0.717) is 22.0 Å². The largest absolute Gasteiger partial charge is 0.324 e. The molecule has 0 aliphatic heterocycles. The number of amides is 2. The van der Waals surface area contributed by atoms with Crippen LogP contribution in [0.1, 0.15) is 34.5 Å². The Morgan fingerprint density at radius 3 is 2.41 bits per heavy atom. The number of carbonyl (C=O) groups excluding carboxylic acids is 2. The highest BCUT2D eigenvalue weighted by molar-refractivity contribution is 7.99. The molecule has 0 saturated heterocycles. The number of hydrogen-bond acceptors (Lipinski definition) is 6. The molecule has 0 saturated carbocycles. The molecule has 34 heavy (non-hydrogen) atoms. The fraction of sp³-hybridized carbons (Fsp3) is 0.160. The van der Waals surface area contributed by atoms with Crippen molar-refractivity contribution in [1.29, 1.82) is 0 Å². The maximum atomic E-state index is 13.0. The van der Waals surface area contributed by atoms with Crippen molar-refractivity contribution in [2.24, 2.45) is 0 Å². The molecule has 8 nitrogen and oxygen atoms in total. The number of aromatic nitrogens is 4. The topological polar surface area (TPSA) is 102 Å². The monoisotopic (exact) mass is 472 g/mol. The van der Waals surface area contributed by atoms with Gasteiger partial charge in [0.05, 0.1) is 5.56 Å². The summed E-state index contributed by atoms with van der Waals surface area (Å²) in [6, 6.07) is 16.1. The molecular weight excluding hydrogens is 448 g/mol. The lowest BCUT2D eigenvalue weighted by Crippen LogP contribution is -2.24. The Balaban J connectivity index is 1.42. The molecule has 9 heteroatoms. The Hall–Kier alpha value is -3.98. The average Bonchev–Trinajstić information content (AvgIpc) is 3.37. The highest BCUT2D eigenvalue weighted by Crippen LogP contribution is 2.32. The van der Waals surface area contributed by atoms with Crippen molar-refractivity contribution in [2.45, 2.75) is 36.7 Å². The van der Waals surface area contributed by atoms with Gasteiger partial charge in [0.2, 0.25) is 5.91 Å². The molecule has 172 valence electrons. The van der Waals surface area contributed by atoms with Crippen molar-refractivity contribution in [3.8, 4) is 0 Å². The predicted octanol–water partition coefficient (Wildman–Crippen LogP) is 4.89. The lowest BCUT2D eigenvalue weighted by atomic mass is 10.2. The maximum Gasteiger partial charge on any atom is 0.258 e. The summed E-state index contributed by atoms with van der Waals surface area (Å²) in [5, 5.41) is 10.4. The zero-order chi connectivity index (χ0) is 24.1. The van der Waals surface area contributed by atoms with Gasteiger partial charge < -0.3 is 10.6 Å². The molecule has 0 radical (unpaired) electrons. The Labute approximate surface area is 201 Å². The van der Waals surface area contributed by atoms with E-state index in [2.05, 4.69) is 38.7 Å². The van der Waals surface area contributed by atoms with Crippen LogP contribution in [0.25, 0.3) is 0 Å². The lowest BCUT2D eigenvalue weighted by Gasteiger charge is -2.13. The molecule has 2 heterocycles. The van der Waals surface area contributed by atoms with Gasteiger partial charge in [-0.3, -0.25) is 9.59 Å². The van der Waals surface area contributed by atoms with Gasteiger partial charge in [0, 0.05) is 22.5 Å². The number of pyridine rings is 1. The first kappa shape index (κ1) is 23.2. The van der Waals surface area contributed by atoms with Crippen LogP contribution in [0.4, 0.5) is 11.4 Å². The van der Waals surface area contributed by atoms with Crippen molar-refractivity contribution in [3.63, 3.8) is 0 Å². The van der Waals surface area contributed by atoms with E-state index in [9.17, 15) is 9.59 Å². The second-order valence-electron chi connectivity index (χ2n) is 7.80. The first-order valence-corrected chi connectivity index (χ1v) is 11.5. The van der Waals surface area contributed by atoms with E-state index in [1.54, 1.807) is 49.5 Å². The first-order chi connectivity index (χ1) is 16.4. The predicted molar refractivity (Wildman–Crippen MR) is 132 cm³/mol. The van der Waals surface area contributed by atoms with Gasteiger partial charge in [-0.2, -0.15) is 5.10 Å². The zero-order valence-corrected chi connectivity index (χ0v) is 19.8. The van der Waals surface area contributed by atoms with E-state index in [1.807, 2.05) is 19.1 Å². The van der Waals surface area contributed by atoms with Gasteiger partial charge in [0.15, 0.2) is 0 Å². The Bertz CT molecular complexity index is 1310. The minimum Gasteiger partial charge on any atom is -0.324 e. The summed E-state index contributed by atoms with van der Waals surface area (Å²) in [6.45, 7) is 5.83. The highest BCUT2D eigenvalue weighted by atomic mass is 32.2. The number of rotatable bonds is 7. The molecule has 2 amide bonds. The summed E-state index contributed by atoms with van der Waals surface area (Å²) >= 11 is 1.47. The van der Waals surface area contributed by atoms with Crippen LogP contribution in [0.3, 0.4) is 0 Å². The van der Waals surface area contributed by atoms with E-state index in [-0.39, 0.29) is 11.8 Å². The Morgan fingerprint density at radius 1 is 1.00 bits per heavy atom. The van der Waals surface area contributed by atoms with Crippen LogP contribution >= 0.6 is 11.8 Å². The fourth-order valence-corrected chi connectivity index (χ4v) is 4.23.